The number of rotatable bonds is 4. The first kappa shape index (κ1) is 18.8. The number of benzene rings is 2. The van der Waals surface area contributed by atoms with E-state index >= 15 is 0 Å². The maximum absolute atomic E-state index is 13.3. The maximum Gasteiger partial charge on any atom is 0.293 e. The monoisotopic (exact) mass is 375 g/mol. The van der Waals surface area contributed by atoms with Crippen LogP contribution in [0.2, 0.25) is 0 Å². The molecule has 0 spiro atoms. The van der Waals surface area contributed by atoms with Crippen LogP contribution in [0.25, 0.3) is 0 Å². The van der Waals surface area contributed by atoms with Crippen LogP contribution in [0.5, 0.6) is 0 Å². The summed E-state index contributed by atoms with van der Waals surface area (Å²) in [5, 5.41) is 13.9. The van der Waals surface area contributed by atoms with Gasteiger partial charge < -0.3 is 10.2 Å². The first-order valence-electron chi connectivity index (χ1n) is 8.65. The molecule has 0 aromatic heterocycles. The van der Waals surface area contributed by atoms with E-state index in [1.165, 1.54) is 18.2 Å². The molecule has 1 heterocycles. The largest absolute Gasteiger partial charge is 0.366 e. The number of carbonyl (C=O) groups is 1. The summed E-state index contributed by atoms with van der Waals surface area (Å²) in [7, 11) is 0. The molecule has 8 heteroatoms. The van der Waals surface area contributed by atoms with Crippen LogP contribution >= 0.6 is 0 Å². The second kappa shape index (κ2) is 7.69. The van der Waals surface area contributed by atoms with Crippen LogP contribution in [0.4, 0.5) is 25.8 Å². The van der Waals surface area contributed by atoms with Gasteiger partial charge in [0.05, 0.1) is 4.92 Å². The fourth-order valence-corrected chi connectivity index (χ4v) is 3.26. The minimum atomic E-state index is -1.09. The Labute approximate surface area is 154 Å². The number of halogens is 2. The van der Waals surface area contributed by atoms with E-state index in [2.05, 4.69) is 12.2 Å². The maximum atomic E-state index is 13.3. The first-order valence-corrected chi connectivity index (χ1v) is 8.65. The SMILES string of the molecule is C[C@@H]1CCCN(c2ccc(C(=O)Nc3ccc(F)c(F)c3)cc2[N+](=O)[O-])C1. The molecule has 2 aromatic carbocycles. The van der Waals surface area contributed by atoms with E-state index in [4.69, 9.17) is 0 Å². The number of amides is 1. The zero-order chi connectivity index (χ0) is 19.6. The highest BCUT2D eigenvalue weighted by atomic mass is 19.2. The second-order valence-electron chi connectivity index (χ2n) is 6.74. The van der Waals surface area contributed by atoms with Gasteiger partial charge in [0.2, 0.25) is 0 Å². The molecule has 1 atom stereocenters. The molecule has 2 aromatic rings. The number of nitro groups is 1. The molecule has 1 amide bonds. The minimum Gasteiger partial charge on any atom is -0.366 e. The standard InChI is InChI=1S/C19H19F2N3O3/c1-12-3-2-8-23(11-12)17-7-4-13(9-18(17)24(26)27)19(25)22-14-5-6-15(20)16(21)10-14/h4-7,9-10,12H,2-3,8,11H2,1H3,(H,22,25)/t12-/m1/s1. The van der Waals surface area contributed by atoms with E-state index < -0.39 is 22.5 Å². The first-order chi connectivity index (χ1) is 12.8. The van der Waals surface area contributed by atoms with E-state index in [-0.39, 0.29) is 16.9 Å². The lowest BCUT2D eigenvalue weighted by molar-refractivity contribution is -0.384. The molecule has 27 heavy (non-hydrogen) atoms. The van der Waals surface area contributed by atoms with E-state index in [0.717, 1.165) is 38.1 Å². The van der Waals surface area contributed by atoms with Crippen LogP contribution in [0.15, 0.2) is 36.4 Å². The number of piperidine rings is 1. The Morgan fingerprint density at radius 1 is 1.22 bits per heavy atom. The van der Waals surface area contributed by atoms with Crippen molar-refractivity contribution >= 4 is 23.0 Å². The van der Waals surface area contributed by atoms with Gasteiger partial charge in [-0.15, -0.1) is 0 Å². The van der Waals surface area contributed by atoms with Crippen LogP contribution in [0, 0.1) is 27.7 Å². The van der Waals surface area contributed by atoms with Crippen molar-refractivity contribution < 1.29 is 18.5 Å². The molecule has 1 saturated heterocycles. The van der Waals surface area contributed by atoms with Crippen LogP contribution in [0.3, 0.4) is 0 Å². The number of hydrogen-bond acceptors (Lipinski definition) is 4. The highest BCUT2D eigenvalue weighted by Crippen LogP contribution is 2.32. The van der Waals surface area contributed by atoms with Gasteiger partial charge in [-0.25, -0.2) is 8.78 Å². The van der Waals surface area contributed by atoms with Gasteiger partial charge in [0.1, 0.15) is 5.69 Å². The van der Waals surface area contributed by atoms with E-state index in [1.54, 1.807) is 6.07 Å². The molecule has 0 saturated carbocycles. The number of hydrogen-bond donors (Lipinski definition) is 1. The van der Waals surface area contributed by atoms with Gasteiger partial charge in [0.25, 0.3) is 11.6 Å². The van der Waals surface area contributed by atoms with Crippen LogP contribution < -0.4 is 10.2 Å². The number of nitrogens with one attached hydrogen (secondary N) is 1. The normalized spacial score (nSPS) is 16.9. The predicted octanol–water partition coefficient (Wildman–Crippen LogP) is 4.36. The molecule has 0 bridgehead atoms. The van der Waals surface area contributed by atoms with Gasteiger partial charge in [0, 0.05) is 36.5 Å². The van der Waals surface area contributed by atoms with Crippen LogP contribution in [0.1, 0.15) is 30.1 Å². The molecule has 6 nitrogen and oxygen atoms in total. The Morgan fingerprint density at radius 2 is 2.00 bits per heavy atom. The van der Waals surface area contributed by atoms with Crippen LogP contribution in [-0.4, -0.2) is 23.9 Å². The summed E-state index contributed by atoms with van der Waals surface area (Å²) in [5.74, 6) is -2.31. The average molecular weight is 375 g/mol. The summed E-state index contributed by atoms with van der Waals surface area (Å²) in [6.45, 7) is 3.55. The van der Waals surface area contributed by atoms with E-state index in [0.29, 0.717) is 11.6 Å². The van der Waals surface area contributed by atoms with Crippen molar-refractivity contribution in [2.45, 2.75) is 19.8 Å². The van der Waals surface area contributed by atoms with Gasteiger partial charge in [-0.1, -0.05) is 6.92 Å². The van der Waals surface area contributed by atoms with Gasteiger partial charge >= 0.3 is 0 Å². The van der Waals surface area contributed by atoms with Crippen molar-refractivity contribution in [3.05, 3.63) is 63.7 Å². The molecular weight excluding hydrogens is 356 g/mol. The molecule has 0 unspecified atom stereocenters. The zero-order valence-electron chi connectivity index (χ0n) is 14.7. The smallest absolute Gasteiger partial charge is 0.293 e. The Kier molecular flexibility index (Phi) is 5.34. The van der Waals surface area contributed by atoms with Gasteiger partial charge in [-0.05, 0) is 43.0 Å². The third-order valence-corrected chi connectivity index (χ3v) is 4.61. The number of nitrogens with zero attached hydrogens (tertiary/aromatic N) is 2. The average Bonchev–Trinajstić information content (AvgIpc) is 2.64. The van der Waals surface area contributed by atoms with E-state index in [1.807, 2.05) is 4.90 Å². The molecule has 142 valence electrons. The molecule has 1 N–H and O–H groups in total. The molecule has 0 radical (unpaired) electrons. The summed E-state index contributed by atoms with van der Waals surface area (Å²) >= 11 is 0. The molecule has 0 aliphatic carbocycles. The van der Waals surface area contributed by atoms with Gasteiger partial charge in [-0.2, -0.15) is 0 Å². The topological polar surface area (TPSA) is 75.5 Å². The highest BCUT2D eigenvalue weighted by Gasteiger charge is 2.25. The Morgan fingerprint density at radius 3 is 2.67 bits per heavy atom. The van der Waals surface area contributed by atoms with Crippen molar-refractivity contribution in [1.82, 2.24) is 0 Å². The fourth-order valence-electron chi connectivity index (χ4n) is 3.26. The third-order valence-electron chi connectivity index (χ3n) is 4.61. The van der Waals surface area contributed by atoms with Crippen molar-refractivity contribution in [1.29, 1.82) is 0 Å². The molecule has 1 aliphatic heterocycles. The summed E-state index contributed by atoms with van der Waals surface area (Å²) in [4.78, 5) is 25.3. The molecular formula is C19H19F2N3O3. The van der Waals surface area contributed by atoms with Crippen LogP contribution in [-0.2, 0) is 0 Å². The Balaban J connectivity index is 1.85. The number of nitro benzene ring substituents is 1. The lowest BCUT2D eigenvalue weighted by atomic mass is 9.99. The lowest BCUT2D eigenvalue weighted by Crippen LogP contribution is -2.34. The highest BCUT2D eigenvalue weighted by molar-refractivity contribution is 6.05. The summed E-state index contributed by atoms with van der Waals surface area (Å²) in [6, 6.07) is 7.24. The Bertz CT molecular complexity index is 888. The molecule has 1 aliphatic rings. The quantitative estimate of drug-likeness (QED) is 0.636. The predicted molar refractivity (Wildman–Crippen MR) is 98.0 cm³/mol. The Hall–Kier alpha value is -3.03. The lowest BCUT2D eigenvalue weighted by Gasteiger charge is -2.32. The third kappa shape index (κ3) is 4.21. The summed E-state index contributed by atoms with van der Waals surface area (Å²) in [6.07, 6.45) is 2.04. The number of anilines is 2. The van der Waals surface area contributed by atoms with Crippen molar-refractivity contribution in [3.8, 4) is 0 Å². The summed E-state index contributed by atoms with van der Waals surface area (Å²) in [5.41, 5.74) is 0.466. The van der Waals surface area contributed by atoms with Crippen molar-refractivity contribution in [2.75, 3.05) is 23.3 Å². The summed E-state index contributed by atoms with van der Waals surface area (Å²) < 4.78 is 26.3. The van der Waals surface area contributed by atoms with E-state index in [9.17, 15) is 23.7 Å². The fraction of sp³-hybridized carbons (Fsp3) is 0.316. The minimum absolute atomic E-state index is 0.0653. The van der Waals surface area contributed by atoms with Gasteiger partial charge in [0.15, 0.2) is 11.6 Å². The van der Waals surface area contributed by atoms with Crippen molar-refractivity contribution in [2.24, 2.45) is 5.92 Å². The van der Waals surface area contributed by atoms with Crippen molar-refractivity contribution in [3.63, 3.8) is 0 Å². The second-order valence-corrected chi connectivity index (χ2v) is 6.74. The molecule has 1 fully saturated rings. The molecule has 3 rings (SSSR count). The zero-order valence-corrected chi connectivity index (χ0v) is 14.7. The number of carbonyl (C=O) groups excluding carboxylic acids is 1. The van der Waals surface area contributed by atoms with Gasteiger partial charge in [-0.3, -0.25) is 14.9 Å².